The molecule has 0 saturated heterocycles. The Morgan fingerprint density at radius 1 is 1.30 bits per heavy atom. The Kier molecular flexibility index (Phi) is 3.18. The predicted octanol–water partition coefficient (Wildman–Crippen LogP) is 2.07. The number of allylic oxidation sites excluding steroid dienone is 1. The molecule has 0 bridgehead atoms. The molecule has 1 fully saturated rings. The van der Waals surface area contributed by atoms with Gasteiger partial charge in [0.2, 0.25) is 0 Å². The van der Waals surface area contributed by atoms with E-state index in [4.69, 9.17) is 10.8 Å². The molecule has 6 heteroatoms. The van der Waals surface area contributed by atoms with E-state index in [9.17, 15) is 4.79 Å². The normalized spacial score (nSPS) is 21.7. The summed E-state index contributed by atoms with van der Waals surface area (Å²) in [5, 5.41) is 8.93. The van der Waals surface area contributed by atoms with Crippen molar-refractivity contribution in [1.29, 1.82) is 0 Å². The number of aliphatic imine (C=N–C) groups is 1. The van der Waals surface area contributed by atoms with Crippen LogP contribution in [0.15, 0.2) is 41.3 Å². The van der Waals surface area contributed by atoms with Crippen molar-refractivity contribution in [1.82, 2.24) is 9.38 Å². The van der Waals surface area contributed by atoms with Crippen LogP contribution in [0.1, 0.15) is 42.4 Å². The molecule has 1 saturated carbocycles. The van der Waals surface area contributed by atoms with Crippen molar-refractivity contribution >= 4 is 17.3 Å². The lowest BCUT2D eigenvalue weighted by Crippen LogP contribution is -2.14. The van der Waals surface area contributed by atoms with Crippen molar-refractivity contribution in [2.75, 3.05) is 6.54 Å². The highest BCUT2D eigenvalue weighted by Crippen LogP contribution is 2.40. The summed E-state index contributed by atoms with van der Waals surface area (Å²) in [5.41, 5.74) is 9.23. The van der Waals surface area contributed by atoms with Gasteiger partial charge >= 0.3 is 5.97 Å². The monoisotopic (exact) mass is 310 g/mol. The Bertz CT molecular complexity index is 845. The van der Waals surface area contributed by atoms with Crippen LogP contribution in [-0.4, -0.2) is 32.7 Å². The number of carbonyl (C=O) groups is 1. The topological polar surface area (TPSA) is 93.0 Å². The number of carboxylic acid groups (broad SMARTS) is 1. The minimum Gasteiger partial charge on any atom is -0.477 e. The Labute approximate surface area is 133 Å². The molecule has 4 rings (SSSR count). The quantitative estimate of drug-likeness (QED) is 0.845. The average Bonchev–Trinajstić information content (AvgIpc) is 3.13. The van der Waals surface area contributed by atoms with Gasteiger partial charge < -0.3 is 15.2 Å². The van der Waals surface area contributed by atoms with Crippen LogP contribution in [0.25, 0.3) is 5.65 Å². The number of pyridine rings is 1. The summed E-state index contributed by atoms with van der Waals surface area (Å²) in [6, 6.07) is 4.19. The van der Waals surface area contributed by atoms with E-state index in [0.717, 1.165) is 17.8 Å². The molecule has 1 atom stereocenters. The van der Waals surface area contributed by atoms with Crippen molar-refractivity contribution in [2.45, 2.75) is 31.1 Å². The molecular weight excluding hydrogens is 292 g/mol. The minimum absolute atomic E-state index is 0.0113. The molecule has 23 heavy (non-hydrogen) atoms. The Morgan fingerprint density at radius 2 is 2.13 bits per heavy atom. The number of rotatable bonds is 4. The van der Waals surface area contributed by atoms with E-state index in [0.29, 0.717) is 18.2 Å². The summed E-state index contributed by atoms with van der Waals surface area (Å²) in [4.78, 5) is 20.0. The highest BCUT2D eigenvalue weighted by atomic mass is 16.4. The fourth-order valence-corrected chi connectivity index (χ4v) is 3.10. The van der Waals surface area contributed by atoms with E-state index < -0.39 is 5.97 Å². The number of imidazole rings is 1. The number of aromatic nitrogens is 2. The van der Waals surface area contributed by atoms with Crippen molar-refractivity contribution in [3.8, 4) is 0 Å². The van der Waals surface area contributed by atoms with Gasteiger partial charge in [0.15, 0.2) is 0 Å². The first-order chi connectivity index (χ1) is 11.1. The lowest BCUT2D eigenvalue weighted by molar-refractivity contribution is -0.132. The van der Waals surface area contributed by atoms with E-state index in [1.54, 1.807) is 0 Å². The molecule has 0 aromatic carbocycles. The van der Waals surface area contributed by atoms with Gasteiger partial charge in [-0.2, -0.15) is 0 Å². The zero-order valence-corrected chi connectivity index (χ0v) is 12.6. The third-order valence-electron chi connectivity index (χ3n) is 4.52. The Hall–Kier alpha value is -2.63. The number of aliphatic carboxylic acids is 1. The first kappa shape index (κ1) is 14.0. The van der Waals surface area contributed by atoms with Gasteiger partial charge in [0.1, 0.15) is 11.3 Å². The second-order valence-corrected chi connectivity index (χ2v) is 6.22. The molecule has 1 aliphatic carbocycles. The molecule has 1 aliphatic heterocycles. The number of nitrogens with two attached hydrogens (primary N) is 1. The van der Waals surface area contributed by atoms with Gasteiger partial charge in [0, 0.05) is 30.6 Å². The van der Waals surface area contributed by atoms with Crippen LogP contribution in [-0.2, 0) is 4.79 Å². The number of hydrogen-bond donors (Lipinski definition) is 2. The smallest absolute Gasteiger partial charge is 0.351 e. The average molecular weight is 310 g/mol. The third kappa shape index (κ3) is 2.60. The van der Waals surface area contributed by atoms with Crippen molar-refractivity contribution < 1.29 is 9.90 Å². The number of hydrogen-bond acceptors (Lipinski definition) is 4. The molecule has 3 N–H and O–H groups in total. The summed E-state index contributed by atoms with van der Waals surface area (Å²) >= 11 is 0. The Balaban J connectivity index is 1.66. The number of fused-ring (bicyclic) bond motifs is 1. The predicted molar refractivity (Wildman–Crippen MR) is 86.7 cm³/mol. The van der Waals surface area contributed by atoms with Crippen LogP contribution in [0, 0.1) is 0 Å². The second kappa shape index (κ2) is 5.22. The maximum Gasteiger partial charge on any atom is 0.351 e. The lowest BCUT2D eigenvalue weighted by atomic mass is 9.98. The highest BCUT2D eigenvalue weighted by molar-refractivity contribution is 6.05. The summed E-state index contributed by atoms with van der Waals surface area (Å²) in [6.07, 6.45) is 9.00. The molecule has 1 unspecified atom stereocenters. The number of carboxylic acids is 1. The van der Waals surface area contributed by atoms with E-state index in [2.05, 4.69) is 26.6 Å². The highest BCUT2D eigenvalue weighted by Gasteiger charge is 2.26. The van der Waals surface area contributed by atoms with Crippen LogP contribution in [0.5, 0.6) is 0 Å². The van der Waals surface area contributed by atoms with Crippen molar-refractivity contribution in [3.63, 3.8) is 0 Å². The van der Waals surface area contributed by atoms with Crippen LogP contribution in [0.4, 0.5) is 0 Å². The van der Waals surface area contributed by atoms with Gasteiger partial charge in [-0.1, -0.05) is 6.07 Å². The summed E-state index contributed by atoms with van der Waals surface area (Å²) in [5.74, 6) is -0.410. The second-order valence-electron chi connectivity index (χ2n) is 6.22. The first-order valence-corrected chi connectivity index (χ1v) is 7.85. The molecular formula is C17H18N4O2. The van der Waals surface area contributed by atoms with E-state index in [-0.39, 0.29) is 11.6 Å². The fourth-order valence-electron chi connectivity index (χ4n) is 3.10. The van der Waals surface area contributed by atoms with E-state index in [1.165, 1.54) is 24.5 Å². The Morgan fingerprint density at radius 3 is 2.87 bits per heavy atom. The summed E-state index contributed by atoms with van der Waals surface area (Å²) in [7, 11) is 0. The van der Waals surface area contributed by atoms with Gasteiger partial charge in [-0.3, -0.25) is 4.99 Å². The van der Waals surface area contributed by atoms with Crippen molar-refractivity contribution in [3.05, 3.63) is 47.6 Å². The van der Waals surface area contributed by atoms with Crippen molar-refractivity contribution in [2.24, 2.45) is 10.7 Å². The minimum atomic E-state index is -1.12. The standard InChI is InChI=1S/C17H18N4O2/c18-13(17(22)23)7-14-12(5-6-19-14)15-9-21-8-11(10-1-2-10)3-4-16(21)20-15/h3-4,7-10,12H,1-2,5-6,18H2,(H,22,23). The first-order valence-electron chi connectivity index (χ1n) is 7.85. The van der Waals surface area contributed by atoms with Gasteiger partial charge in [0.25, 0.3) is 0 Å². The van der Waals surface area contributed by atoms with E-state index in [1.807, 2.05) is 12.3 Å². The summed E-state index contributed by atoms with van der Waals surface area (Å²) in [6.45, 7) is 0.671. The number of nitrogens with zero attached hydrogens (tertiary/aromatic N) is 3. The molecule has 2 aliphatic rings. The molecule has 3 heterocycles. The van der Waals surface area contributed by atoms with Crippen LogP contribution in [0.2, 0.25) is 0 Å². The lowest BCUT2D eigenvalue weighted by Gasteiger charge is -2.06. The molecule has 0 radical (unpaired) electrons. The molecule has 6 nitrogen and oxygen atoms in total. The molecule has 2 aromatic heterocycles. The van der Waals surface area contributed by atoms with Gasteiger partial charge in [-0.05, 0) is 42.9 Å². The fraction of sp³-hybridized carbons (Fsp3) is 0.353. The summed E-state index contributed by atoms with van der Waals surface area (Å²) < 4.78 is 2.06. The van der Waals surface area contributed by atoms with Crippen LogP contribution < -0.4 is 5.73 Å². The molecule has 0 spiro atoms. The van der Waals surface area contributed by atoms with Gasteiger partial charge in [-0.15, -0.1) is 0 Å². The van der Waals surface area contributed by atoms with E-state index >= 15 is 0 Å². The molecule has 118 valence electrons. The molecule has 0 amide bonds. The van der Waals surface area contributed by atoms with Crippen LogP contribution >= 0.6 is 0 Å². The van der Waals surface area contributed by atoms with Crippen LogP contribution in [0.3, 0.4) is 0 Å². The largest absolute Gasteiger partial charge is 0.477 e. The zero-order chi connectivity index (χ0) is 16.0. The zero-order valence-electron chi connectivity index (χ0n) is 12.6. The van der Waals surface area contributed by atoms with Gasteiger partial charge in [0.05, 0.1) is 5.69 Å². The SMILES string of the molecule is NC(=CC1=NCCC1c1cn2cc(C3CC3)ccc2n1)C(=O)O. The maximum atomic E-state index is 10.9. The molecule has 2 aromatic rings. The third-order valence-corrected chi connectivity index (χ3v) is 4.52. The maximum absolute atomic E-state index is 10.9. The van der Waals surface area contributed by atoms with Gasteiger partial charge in [-0.25, -0.2) is 9.78 Å².